The van der Waals surface area contributed by atoms with Gasteiger partial charge in [0.05, 0.1) is 24.6 Å². The maximum Gasteiger partial charge on any atom is 0.255 e. The van der Waals surface area contributed by atoms with Crippen LogP contribution in [-0.4, -0.2) is 79.3 Å². The van der Waals surface area contributed by atoms with E-state index < -0.39 is 54.1 Å². The molecule has 1 aliphatic heterocycles. The highest BCUT2D eigenvalue weighted by Gasteiger charge is 2.31. The number of nitrogens with zero attached hydrogens (tertiary/aromatic N) is 1. The minimum absolute atomic E-state index is 0.0284. The zero-order valence-electron chi connectivity index (χ0n) is 27.0. The monoisotopic (exact) mass is 641 g/mol. The van der Waals surface area contributed by atoms with Crippen LogP contribution in [-0.2, 0) is 32.0 Å². The molecule has 11 heteroatoms. The molecule has 0 radical (unpaired) electrons. The van der Waals surface area contributed by atoms with E-state index in [1.54, 1.807) is 38.1 Å². The van der Waals surface area contributed by atoms with Gasteiger partial charge in [-0.25, -0.2) is 0 Å². The molecule has 47 heavy (non-hydrogen) atoms. The van der Waals surface area contributed by atoms with Crippen LogP contribution in [0.25, 0.3) is 0 Å². The maximum atomic E-state index is 13.6. The molecule has 0 saturated carbocycles. The van der Waals surface area contributed by atoms with Crippen molar-refractivity contribution < 1.29 is 28.7 Å². The summed E-state index contributed by atoms with van der Waals surface area (Å²) in [5.74, 6) is -2.68. The van der Waals surface area contributed by atoms with Crippen molar-refractivity contribution in [3.05, 3.63) is 102 Å². The van der Waals surface area contributed by atoms with Gasteiger partial charge < -0.3 is 30.9 Å². The lowest BCUT2D eigenvalue weighted by Gasteiger charge is -2.28. The molecule has 0 bridgehead atoms. The Hall–Kier alpha value is -5.19. The molecule has 0 aromatic heterocycles. The summed E-state index contributed by atoms with van der Waals surface area (Å²) in [5, 5.41) is 11.2. The fourth-order valence-electron chi connectivity index (χ4n) is 5.30. The number of fused-ring (bicyclic) bond motifs is 1. The average molecular weight is 642 g/mol. The van der Waals surface area contributed by atoms with Crippen LogP contribution in [0.5, 0.6) is 5.75 Å². The van der Waals surface area contributed by atoms with Crippen LogP contribution >= 0.6 is 0 Å². The summed E-state index contributed by atoms with van der Waals surface area (Å²) in [5.41, 5.74) is 2.15. The van der Waals surface area contributed by atoms with Gasteiger partial charge in [-0.15, -0.1) is 0 Å². The number of nitrogens with one attached hydrogen (secondary N) is 4. The number of likely N-dealkylation sites (N-methyl/N-ethyl adjacent to an activating group) is 1. The number of hydrogen-bond acceptors (Lipinski definition) is 6. The van der Waals surface area contributed by atoms with Gasteiger partial charge in [-0.2, -0.15) is 0 Å². The number of benzene rings is 3. The molecular formula is C36H43N5O6. The van der Waals surface area contributed by atoms with Gasteiger partial charge in [-0.05, 0) is 42.0 Å². The molecule has 11 nitrogen and oxygen atoms in total. The minimum Gasteiger partial charge on any atom is -0.491 e. The van der Waals surface area contributed by atoms with Crippen molar-refractivity contribution in [3.8, 4) is 5.75 Å². The predicted octanol–water partition coefficient (Wildman–Crippen LogP) is 2.25. The molecule has 1 heterocycles. The lowest BCUT2D eigenvalue weighted by molar-refractivity contribution is -0.139. The Morgan fingerprint density at radius 3 is 2.17 bits per heavy atom. The first-order valence-corrected chi connectivity index (χ1v) is 15.8. The Labute approximate surface area is 275 Å². The molecule has 3 aromatic rings. The average Bonchev–Trinajstić information content (AvgIpc) is 3.06. The molecule has 1 aliphatic rings. The first kappa shape index (κ1) is 34.7. The lowest BCUT2D eigenvalue weighted by Crippen LogP contribution is -2.54. The number of carbonyl (C=O) groups is 5. The fourth-order valence-corrected chi connectivity index (χ4v) is 5.30. The summed E-state index contributed by atoms with van der Waals surface area (Å²) in [6, 6.07) is 23.1. The van der Waals surface area contributed by atoms with E-state index in [4.69, 9.17) is 4.74 Å². The van der Waals surface area contributed by atoms with Gasteiger partial charge >= 0.3 is 0 Å². The van der Waals surface area contributed by atoms with Crippen molar-refractivity contribution in [2.45, 2.75) is 51.2 Å². The second kappa shape index (κ2) is 16.9. The summed E-state index contributed by atoms with van der Waals surface area (Å²) in [4.78, 5) is 68.2. The number of amides is 5. The van der Waals surface area contributed by atoms with Crippen molar-refractivity contribution in [2.24, 2.45) is 5.92 Å². The van der Waals surface area contributed by atoms with Crippen LogP contribution in [0.4, 0.5) is 0 Å². The summed E-state index contributed by atoms with van der Waals surface area (Å²) in [6.07, 6.45) is 0.587. The fraction of sp³-hybridized carbons (Fsp3) is 0.361. The Kier molecular flexibility index (Phi) is 12.5. The van der Waals surface area contributed by atoms with Crippen molar-refractivity contribution >= 4 is 29.5 Å². The van der Waals surface area contributed by atoms with E-state index in [0.717, 1.165) is 11.1 Å². The third-order valence-corrected chi connectivity index (χ3v) is 7.84. The third kappa shape index (κ3) is 10.4. The summed E-state index contributed by atoms with van der Waals surface area (Å²) in [6.45, 7) is 3.63. The number of para-hydroxylation sites is 1. The number of hydrogen-bond donors (Lipinski definition) is 4. The zero-order valence-corrected chi connectivity index (χ0v) is 27.0. The van der Waals surface area contributed by atoms with E-state index in [2.05, 4.69) is 21.3 Å². The van der Waals surface area contributed by atoms with Crippen molar-refractivity contribution in [3.63, 3.8) is 0 Å². The highest BCUT2D eigenvalue weighted by molar-refractivity contribution is 6.01. The predicted molar refractivity (Wildman–Crippen MR) is 177 cm³/mol. The molecule has 0 aliphatic carbocycles. The highest BCUT2D eigenvalue weighted by atomic mass is 16.5. The first-order chi connectivity index (χ1) is 22.6. The number of rotatable bonds is 7. The van der Waals surface area contributed by atoms with Crippen molar-refractivity contribution in [2.75, 3.05) is 26.7 Å². The van der Waals surface area contributed by atoms with Gasteiger partial charge in [0.1, 0.15) is 24.4 Å². The van der Waals surface area contributed by atoms with E-state index in [0.29, 0.717) is 12.8 Å². The van der Waals surface area contributed by atoms with Gasteiger partial charge in [0, 0.05) is 13.6 Å². The van der Waals surface area contributed by atoms with Crippen LogP contribution < -0.4 is 26.0 Å². The van der Waals surface area contributed by atoms with Crippen molar-refractivity contribution in [1.82, 2.24) is 26.2 Å². The van der Waals surface area contributed by atoms with Crippen molar-refractivity contribution in [1.29, 1.82) is 0 Å². The molecule has 0 fully saturated rings. The van der Waals surface area contributed by atoms with E-state index in [-0.39, 0.29) is 36.9 Å². The second-order valence-electron chi connectivity index (χ2n) is 12.0. The zero-order chi connectivity index (χ0) is 33.8. The third-order valence-electron chi connectivity index (χ3n) is 7.84. The van der Waals surface area contributed by atoms with Crippen LogP contribution in [0.3, 0.4) is 0 Å². The van der Waals surface area contributed by atoms with E-state index in [1.807, 2.05) is 60.7 Å². The van der Waals surface area contributed by atoms with E-state index in [1.165, 1.54) is 11.9 Å². The van der Waals surface area contributed by atoms with E-state index >= 15 is 0 Å². The van der Waals surface area contributed by atoms with Crippen LogP contribution in [0.2, 0.25) is 0 Å². The molecule has 248 valence electrons. The normalized spacial score (nSPS) is 19.8. The molecule has 0 spiro atoms. The summed E-state index contributed by atoms with van der Waals surface area (Å²) >= 11 is 0. The lowest BCUT2D eigenvalue weighted by atomic mass is 10.0. The topological polar surface area (TPSA) is 146 Å². The summed E-state index contributed by atoms with van der Waals surface area (Å²) < 4.78 is 6.11. The maximum absolute atomic E-state index is 13.6. The Balaban J connectivity index is 1.61. The SMILES string of the molecule is CC(C)[C@@H]1NC(=O)C[C@@H](C(=O)NCCc2ccccc2)NC(=O)c2ccccc2OC[C@@H](Cc2ccccc2)NC(=O)CN(C)C1=O. The molecular weight excluding hydrogens is 598 g/mol. The van der Waals surface area contributed by atoms with Gasteiger partial charge in [0.2, 0.25) is 23.6 Å². The van der Waals surface area contributed by atoms with Gasteiger partial charge in [0.15, 0.2) is 0 Å². The Bertz CT molecular complexity index is 1530. The van der Waals surface area contributed by atoms with Gasteiger partial charge in [-0.3, -0.25) is 24.0 Å². The smallest absolute Gasteiger partial charge is 0.255 e. The molecule has 3 aromatic carbocycles. The first-order valence-electron chi connectivity index (χ1n) is 15.8. The quantitative estimate of drug-likeness (QED) is 0.312. The Morgan fingerprint density at radius 2 is 1.49 bits per heavy atom. The van der Waals surface area contributed by atoms with Crippen LogP contribution in [0.1, 0.15) is 41.8 Å². The van der Waals surface area contributed by atoms with Crippen LogP contribution in [0.15, 0.2) is 84.9 Å². The highest BCUT2D eigenvalue weighted by Crippen LogP contribution is 2.19. The minimum atomic E-state index is -1.24. The molecule has 0 saturated heterocycles. The second-order valence-corrected chi connectivity index (χ2v) is 12.0. The van der Waals surface area contributed by atoms with Gasteiger partial charge in [-0.1, -0.05) is 86.6 Å². The molecule has 0 unspecified atom stereocenters. The number of ether oxygens (including phenoxy) is 1. The number of carbonyl (C=O) groups excluding carboxylic acids is 5. The summed E-state index contributed by atoms with van der Waals surface area (Å²) in [7, 11) is 1.50. The molecule has 4 N–H and O–H groups in total. The molecule has 4 rings (SSSR count). The standard InChI is InChI=1S/C36H43N5O6/c1-24(2)33-36(46)41(3)22-32(43)38-27(20-26-14-8-5-9-15-26)23-47-30-17-11-10-16-28(30)34(44)39-29(21-31(42)40-33)35(45)37-19-18-25-12-6-4-7-13-25/h4-17,24,27,29,33H,18-23H2,1-3H3,(H,37,45)(H,38,43)(H,39,44)(H,40,42)/t27-,29+,33+/m1/s1. The molecule has 3 atom stereocenters. The van der Waals surface area contributed by atoms with E-state index in [9.17, 15) is 24.0 Å². The van der Waals surface area contributed by atoms with Crippen LogP contribution in [0, 0.1) is 5.92 Å². The molecule has 5 amide bonds. The Morgan fingerprint density at radius 1 is 0.851 bits per heavy atom. The largest absolute Gasteiger partial charge is 0.491 e. The van der Waals surface area contributed by atoms with Gasteiger partial charge in [0.25, 0.3) is 5.91 Å².